The molecular weight excluding hydrogens is 302 g/mol. The molecule has 6 nitrogen and oxygen atoms in total. The zero-order valence-corrected chi connectivity index (χ0v) is 15.2. The van der Waals surface area contributed by atoms with Crippen molar-refractivity contribution in [3.8, 4) is 0 Å². The average Bonchev–Trinajstić information content (AvgIpc) is 2.58. The van der Waals surface area contributed by atoms with Crippen LogP contribution in [0, 0.1) is 5.92 Å². The molecule has 0 bridgehead atoms. The van der Waals surface area contributed by atoms with E-state index in [1.165, 1.54) is 6.42 Å². The molecule has 2 rings (SSSR count). The van der Waals surface area contributed by atoms with Crippen molar-refractivity contribution in [1.82, 2.24) is 15.3 Å². The molecule has 134 valence electrons. The van der Waals surface area contributed by atoms with E-state index in [1.54, 1.807) is 6.33 Å². The fourth-order valence-electron chi connectivity index (χ4n) is 3.11. The second-order valence-corrected chi connectivity index (χ2v) is 6.90. The maximum atomic E-state index is 11.8. The van der Waals surface area contributed by atoms with Gasteiger partial charge in [0.25, 0.3) is 0 Å². The van der Waals surface area contributed by atoms with Crippen molar-refractivity contribution in [1.29, 1.82) is 0 Å². The molecule has 1 saturated heterocycles. The maximum Gasteiger partial charge on any atom is 0.220 e. The molecule has 0 aromatic carbocycles. The Kier molecular flexibility index (Phi) is 7.28. The van der Waals surface area contributed by atoms with Gasteiger partial charge in [-0.1, -0.05) is 6.92 Å². The first-order valence-electron chi connectivity index (χ1n) is 9.18. The van der Waals surface area contributed by atoms with E-state index in [1.807, 2.05) is 19.9 Å². The van der Waals surface area contributed by atoms with Crippen LogP contribution in [0.3, 0.4) is 0 Å². The number of carbonyl (C=O) groups excluding carboxylic acids is 1. The van der Waals surface area contributed by atoms with E-state index in [4.69, 9.17) is 0 Å². The third kappa shape index (κ3) is 5.98. The van der Waals surface area contributed by atoms with Gasteiger partial charge in [-0.3, -0.25) is 4.79 Å². The molecule has 0 radical (unpaired) electrons. The van der Waals surface area contributed by atoms with E-state index >= 15 is 0 Å². The third-order valence-corrected chi connectivity index (χ3v) is 4.28. The molecule has 2 N–H and O–H groups in total. The van der Waals surface area contributed by atoms with E-state index in [2.05, 4.69) is 32.4 Å². The van der Waals surface area contributed by atoms with Crippen LogP contribution in [0.15, 0.2) is 12.4 Å². The molecular formula is C18H31N5O. The van der Waals surface area contributed by atoms with Gasteiger partial charge in [-0.05, 0) is 45.4 Å². The third-order valence-electron chi connectivity index (χ3n) is 4.28. The lowest BCUT2D eigenvalue weighted by Crippen LogP contribution is -2.37. The van der Waals surface area contributed by atoms with Gasteiger partial charge in [-0.15, -0.1) is 0 Å². The number of nitrogens with zero attached hydrogens (tertiary/aromatic N) is 3. The summed E-state index contributed by atoms with van der Waals surface area (Å²) in [6.45, 7) is 9.06. The van der Waals surface area contributed by atoms with E-state index in [9.17, 15) is 4.79 Å². The minimum atomic E-state index is 0.162. The van der Waals surface area contributed by atoms with E-state index in [0.29, 0.717) is 12.3 Å². The van der Waals surface area contributed by atoms with Crippen LogP contribution in [0.1, 0.15) is 52.9 Å². The Morgan fingerprint density at radius 3 is 3.00 bits per heavy atom. The standard InChI is InChI=1S/C18H31N5O/c1-4-9-19-16-11-17(21-13-20-16)23-10-5-6-15(12-23)7-8-18(24)22-14(2)3/h11,13-15H,4-10,12H2,1-3H3,(H,22,24)(H,19,20,21)/t15-/m0/s1. The summed E-state index contributed by atoms with van der Waals surface area (Å²) in [7, 11) is 0. The number of hydrogen-bond acceptors (Lipinski definition) is 5. The van der Waals surface area contributed by atoms with E-state index in [0.717, 1.165) is 50.5 Å². The summed E-state index contributed by atoms with van der Waals surface area (Å²) in [6.07, 6.45) is 6.61. The Morgan fingerprint density at radius 2 is 2.25 bits per heavy atom. The monoisotopic (exact) mass is 333 g/mol. The fraction of sp³-hybridized carbons (Fsp3) is 0.722. The van der Waals surface area contributed by atoms with Crippen molar-refractivity contribution in [2.24, 2.45) is 5.92 Å². The summed E-state index contributed by atoms with van der Waals surface area (Å²) >= 11 is 0. The quantitative estimate of drug-likeness (QED) is 0.765. The smallest absolute Gasteiger partial charge is 0.220 e. The summed E-state index contributed by atoms with van der Waals surface area (Å²) in [5, 5.41) is 6.28. The van der Waals surface area contributed by atoms with Crippen LogP contribution in [0.5, 0.6) is 0 Å². The van der Waals surface area contributed by atoms with Crippen molar-refractivity contribution in [2.75, 3.05) is 29.9 Å². The number of anilines is 2. The first-order valence-corrected chi connectivity index (χ1v) is 9.18. The maximum absolute atomic E-state index is 11.8. The minimum absolute atomic E-state index is 0.162. The Bertz CT molecular complexity index is 520. The zero-order chi connectivity index (χ0) is 17.4. The van der Waals surface area contributed by atoms with Gasteiger partial charge in [0.15, 0.2) is 0 Å². The lowest BCUT2D eigenvalue weighted by Gasteiger charge is -2.33. The lowest BCUT2D eigenvalue weighted by atomic mass is 9.93. The highest BCUT2D eigenvalue weighted by atomic mass is 16.1. The van der Waals surface area contributed by atoms with Crippen LogP contribution < -0.4 is 15.5 Å². The molecule has 1 aliphatic rings. The number of hydrogen-bond donors (Lipinski definition) is 2. The van der Waals surface area contributed by atoms with Gasteiger partial charge in [0.05, 0.1) is 0 Å². The number of nitrogens with one attached hydrogen (secondary N) is 2. The van der Waals surface area contributed by atoms with Crippen LogP contribution in [0.4, 0.5) is 11.6 Å². The van der Waals surface area contributed by atoms with Crippen LogP contribution in [-0.2, 0) is 4.79 Å². The molecule has 0 spiro atoms. The molecule has 0 saturated carbocycles. The first-order chi connectivity index (χ1) is 11.6. The topological polar surface area (TPSA) is 70.2 Å². The predicted octanol–water partition coefficient (Wildman–Crippen LogP) is 2.82. The van der Waals surface area contributed by atoms with Crippen molar-refractivity contribution >= 4 is 17.5 Å². The van der Waals surface area contributed by atoms with Crippen LogP contribution in [-0.4, -0.2) is 41.6 Å². The zero-order valence-electron chi connectivity index (χ0n) is 15.2. The Morgan fingerprint density at radius 1 is 1.42 bits per heavy atom. The molecule has 1 aromatic rings. The molecule has 0 unspecified atom stereocenters. The van der Waals surface area contributed by atoms with Gasteiger partial charge in [0.2, 0.25) is 5.91 Å². The van der Waals surface area contributed by atoms with Gasteiger partial charge in [-0.25, -0.2) is 9.97 Å². The number of rotatable bonds is 8. The molecule has 24 heavy (non-hydrogen) atoms. The highest BCUT2D eigenvalue weighted by Gasteiger charge is 2.22. The normalized spacial score (nSPS) is 17.8. The second-order valence-electron chi connectivity index (χ2n) is 6.90. The molecule has 0 aliphatic carbocycles. The Labute approximate surface area is 145 Å². The summed E-state index contributed by atoms with van der Waals surface area (Å²) in [5.41, 5.74) is 0. The van der Waals surface area contributed by atoms with Crippen molar-refractivity contribution < 1.29 is 4.79 Å². The fourth-order valence-corrected chi connectivity index (χ4v) is 3.11. The van der Waals surface area contributed by atoms with Crippen molar-refractivity contribution in [2.45, 2.75) is 58.9 Å². The Hall–Kier alpha value is -1.85. The van der Waals surface area contributed by atoms with Gasteiger partial charge >= 0.3 is 0 Å². The van der Waals surface area contributed by atoms with Gasteiger partial charge in [0.1, 0.15) is 18.0 Å². The molecule has 1 atom stereocenters. The summed E-state index contributed by atoms with van der Waals surface area (Å²) in [4.78, 5) is 22.9. The predicted molar refractivity (Wildman–Crippen MR) is 98.3 cm³/mol. The molecule has 6 heteroatoms. The number of carbonyl (C=O) groups is 1. The Balaban J connectivity index is 1.87. The van der Waals surface area contributed by atoms with E-state index < -0.39 is 0 Å². The number of amides is 1. The summed E-state index contributed by atoms with van der Waals surface area (Å²) in [5.74, 6) is 2.59. The number of piperidine rings is 1. The summed E-state index contributed by atoms with van der Waals surface area (Å²) < 4.78 is 0. The molecule has 1 aromatic heterocycles. The molecule has 1 aliphatic heterocycles. The van der Waals surface area contributed by atoms with Gasteiger partial charge in [-0.2, -0.15) is 0 Å². The van der Waals surface area contributed by atoms with Gasteiger partial charge in [0, 0.05) is 38.2 Å². The van der Waals surface area contributed by atoms with Crippen molar-refractivity contribution in [3.63, 3.8) is 0 Å². The first kappa shape index (κ1) is 18.5. The SMILES string of the molecule is CCCNc1cc(N2CCC[C@@H](CCC(=O)NC(C)C)C2)ncn1. The minimum Gasteiger partial charge on any atom is -0.370 e. The largest absolute Gasteiger partial charge is 0.370 e. The lowest BCUT2D eigenvalue weighted by molar-refractivity contribution is -0.121. The average molecular weight is 333 g/mol. The van der Waals surface area contributed by atoms with Gasteiger partial charge < -0.3 is 15.5 Å². The molecule has 2 heterocycles. The van der Waals surface area contributed by atoms with Crippen LogP contribution in [0.25, 0.3) is 0 Å². The van der Waals surface area contributed by atoms with E-state index in [-0.39, 0.29) is 11.9 Å². The highest BCUT2D eigenvalue weighted by molar-refractivity contribution is 5.76. The molecule has 1 fully saturated rings. The molecule has 1 amide bonds. The summed E-state index contributed by atoms with van der Waals surface area (Å²) in [6, 6.07) is 2.25. The van der Waals surface area contributed by atoms with Crippen molar-refractivity contribution in [3.05, 3.63) is 12.4 Å². The highest BCUT2D eigenvalue weighted by Crippen LogP contribution is 2.25. The van der Waals surface area contributed by atoms with Crippen LogP contribution >= 0.6 is 0 Å². The van der Waals surface area contributed by atoms with Crippen LogP contribution in [0.2, 0.25) is 0 Å². The number of aromatic nitrogens is 2. The second kappa shape index (κ2) is 9.45.